The van der Waals surface area contributed by atoms with Gasteiger partial charge in [0.2, 0.25) is 15.9 Å². The van der Waals surface area contributed by atoms with Crippen molar-refractivity contribution < 1.29 is 22.0 Å². The van der Waals surface area contributed by atoms with Gasteiger partial charge in [0, 0.05) is 37.2 Å². The Labute approximate surface area is 214 Å². The molecule has 0 spiro atoms. The number of carbonyl (C=O) groups is 1. The van der Waals surface area contributed by atoms with Crippen LogP contribution in [-0.2, 0) is 27.9 Å². The molecule has 6 nitrogen and oxygen atoms in total. The summed E-state index contributed by atoms with van der Waals surface area (Å²) in [5.74, 6) is -1.23. The maximum Gasteiger partial charge on any atom is 0.248 e. The molecule has 0 saturated carbocycles. The molecular formula is C28H23F2N3O3S. The van der Waals surface area contributed by atoms with Crippen molar-refractivity contribution in [2.24, 2.45) is 0 Å². The Hall–Kier alpha value is -4.21. The third-order valence-electron chi connectivity index (χ3n) is 5.44. The highest BCUT2D eigenvalue weighted by Gasteiger charge is 2.25. The second-order valence-electron chi connectivity index (χ2n) is 8.15. The smallest absolute Gasteiger partial charge is 0.248 e. The van der Waals surface area contributed by atoms with E-state index in [1.165, 1.54) is 83.2 Å². The van der Waals surface area contributed by atoms with Gasteiger partial charge in [0.05, 0.1) is 4.90 Å². The van der Waals surface area contributed by atoms with Crippen LogP contribution in [0.4, 0.5) is 14.5 Å². The highest BCUT2D eigenvalue weighted by Crippen LogP contribution is 2.23. The number of aromatic nitrogens is 1. The van der Waals surface area contributed by atoms with Gasteiger partial charge in [0.25, 0.3) is 0 Å². The number of anilines is 1. The van der Waals surface area contributed by atoms with Crippen LogP contribution in [0.2, 0.25) is 0 Å². The normalized spacial score (nSPS) is 11.6. The molecule has 1 N–H and O–H groups in total. The molecule has 0 bridgehead atoms. The predicted molar refractivity (Wildman–Crippen MR) is 138 cm³/mol. The monoisotopic (exact) mass is 519 g/mol. The topological polar surface area (TPSA) is 79.4 Å². The number of amides is 1. The molecule has 0 aliphatic rings. The fraction of sp³-hybridized carbons (Fsp3) is 0.0714. The van der Waals surface area contributed by atoms with Gasteiger partial charge in [-0.25, -0.2) is 17.2 Å². The van der Waals surface area contributed by atoms with Gasteiger partial charge in [-0.3, -0.25) is 9.78 Å². The summed E-state index contributed by atoms with van der Waals surface area (Å²) in [6, 6.07) is 20.4. The number of pyridine rings is 1. The van der Waals surface area contributed by atoms with Gasteiger partial charge in [0.15, 0.2) is 0 Å². The number of sulfonamides is 1. The zero-order valence-corrected chi connectivity index (χ0v) is 20.4. The van der Waals surface area contributed by atoms with Gasteiger partial charge in [-0.15, -0.1) is 0 Å². The van der Waals surface area contributed by atoms with E-state index in [0.717, 1.165) is 5.56 Å². The van der Waals surface area contributed by atoms with E-state index in [4.69, 9.17) is 0 Å². The summed E-state index contributed by atoms with van der Waals surface area (Å²) in [6.07, 6.45) is 6.24. The van der Waals surface area contributed by atoms with E-state index in [-0.39, 0.29) is 23.9 Å². The third kappa shape index (κ3) is 7.16. The fourth-order valence-electron chi connectivity index (χ4n) is 3.50. The Balaban J connectivity index is 1.52. The lowest BCUT2D eigenvalue weighted by Crippen LogP contribution is -2.30. The number of nitrogens with zero attached hydrogens (tertiary/aromatic N) is 2. The minimum absolute atomic E-state index is 0.0156. The predicted octanol–water partition coefficient (Wildman–Crippen LogP) is 5.40. The van der Waals surface area contributed by atoms with Crippen molar-refractivity contribution >= 4 is 27.7 Å². The molecule has 4 rings (SSSR count). The maximum absolute atomic E-state index is 13.5. The number of nitrogens with one attached hydrogen (secondary N) is 1. The molecule has 0 aliphatic heterocycles. The lowest BCUT2D eigenvalue weighted by Gasteiger charge is -2.23. The summed E-state index contributed by atoms with van der Waals surface area (Å²) in [5, 5.41) is 2.69. The van der Waals surface area contributed by atoms with E-state index in [0.29, 0.717) is 16.8 Å². The Kier molecular flexibility index (Phi) is 8.17. The standard InChI is InChI=1S/C28H23F2N3O3S/c29-24-6-1-22(2-7-24)19-33(20-23-3-8-25(30)9-4-23)37(35,36)27-12-10-26(11-13-27)32-28(34)14-5-21-15-17-31-18-16-21/h1-18H,19-20H2,(H,32,34)/b14-5+. The first kappa shape index (κ1) is 25.9. The number of rotatable bonds is 9. The number of hydrogen-bond acceptors (Lipinski definition) is 4. The summed E-state index contributed by atoms with van der Waals surface area (Å²) in [5.41, 5.74) is 2.43. The molecular weight excluding hydrogens is 496 g/mol. The lowest BCUT2D eigenvalue weighted by atomic mass is 10.2. The molecule has 1 amide bonds. The van der Waals surface area contributed by atoms with Gasteiger partial charge < -0.3 is 5.32 Å². The van der Waals surface area contributed by atoms with Crippen LogP contribution in [0.5, 0.6) is 0 Å². The zero-order valence-electron chi connectivity index (χ0n) is 19.6. The molecule has 0 fully saturated rings. The van der Waals surface area contributed by atoms with Crippen LogP contribution in [0.15, 0.2) is 108 Å². The van der Waals surface area contributed by atoms with Gasteiger partial charge in [-0.05, 0) is 83.4 Å². The highest BCUT2D eigenvalue weighted by molar-refractivity contribution is 7.89. The second kappa shape index (κ2) is 11.7. The van der Waals surface area contributed by atoms with E-state index in [1.807, 2.05) is 0 Å². The molecule has 188 valence electrons. The summed E-state index contributed by atoms with van der Waals surface area (Å²) in [6.45, 7) is -0.0312. The van der Waals surface area contributed by atoms with Gasteiger partial charge in [-0.2, -0.15) is 4.31 Å². The quantitative estimate of drug-likeness (QED) is 0.300. The van der Waals surface area contributed by atoms with Crippen molar-refractivity contribution in [2.75, 3.05) is 5.32 Å². The molecule has 0 unspecified atom stereocenters. The van der Waals surface area contributed by atoms with Gasteiger partial charge in [-0.1, -0.05) is 24.3 Å². The van der Waals surface area contributed by atoms with Crippen LogP contribution in [-0.4, -0.2) is 23.6 Å². The molecule has 1 heterocycles. The summed E-state index contributed by atoms with van der Waals surface area (Å²) in [7, 11) is -4.00. The van der Waals surface area contributed by atoms with Crippen molar-refractivity contribution in [2.45, 2.75) is 18.0 Å². The fourth-order valence-corrected chi connectivity index (χ4v) is 4.92. The van der Waals surface area contributed by atoms with E-state index in [9.17, 15) is 22.0 Å². The van der Waals surface area contributed by atoms with Crippen molar-refractivity contribution in [1.29, 1.82) is 0 Å². The average molecular weight is 520 g/mol. The summed E-state index contributed by atoms with van der Waals surface area (Å²) < 4.78 is 55.1. The van der Waals surface area contributed by atoms with E-state index >= 15 is 0 Å². The number of hydrogen-bond donors (Lipinski definition) is 1. The van der Waals surface area contributed by atoms with Crippen LogP contribution in [0, 0.1) is 11.6 Å². The zero-order chi connectivity index (χ0) is 26.3. The molecule has 4 aromatic rings. The number of benzene rings is 3. The van der Waals surface area contributed by atoms with Crippen LogP contribution in [0.25, 0.3) is 6.08 Å². The van der Waals surface area contributed by atoms with Crippen molar-refractivity contribution in [3.05, 3.63) is 132 Å². The molecule has 0 radical (unpaired) electrons. The Morgan fingerprint density at radius 3 is 1.81 bits per heavy atom. The molecule has 37 heavy (non-hydrogen) atoms. The molecule has 1 aromatic heterocycles. The highest BCUT2D eigenvalue weighted by atomic mass is 32.2. The first-order valence-electron chi connectivity index (χ1n) is 11.3. The van der Waals surface area contributed by atoms with E-state index in [2.05, 4.69) is 10.3 Å². The van der Waals surface area contributed by atoms with Crippen LogP contribution in [0.1, 0.15) is 16.7 Å². The molecule has 9 heteroatoms. The Morgan fingerprint density at radius 1 is 0.784 bits per heavy atom. The van der Waals surface area contributed by atoms with Crippen LogP contribution >= 0.6 is 0 Å². The lowest BCUT2D eigenvalue weighted by molar-refractivity contribution is -0.111. The largest absolute Gasteiger partial charge is 0.323 e. The number of halogens is 2. The summed E-state index contributed by atoms with van der Waals surface area (Å²) >= 11 is 0. The van der Waals surface area contributed by atoms with Gasteiger partial charge in [0.1, 0.15) is 11.6 Å². The average Bonchev–Trinajstić information content (AvgIpc) is 2.90. The first-order valence-corrected chi connectivity index (χ1v) is 12.7. The Bertz CT molecular complexity index is 1430. The molecule has 0 saturated heterocycles. The maximum atomic E-state index is 13.5. The SMILES string of the molecule is O=C(/C=C/c1ccncc1)Nc1ccc(S(=O)(=O)N(Cc2ccc(F)cc2)Cc2ccc(F)cc2)cc1. The molecule has 3 aromatic carbocycles. The molecule has 0 atom stereocenters. The minimum atomic E-state index is -4.00. The van der Waals surface area contributed by atoms with Crippen LogP contribution in [0.3, 0.4) is 0 Å². The Morgan fingerprint density at radius 2 is 1.30 bits per heavy atom. The number of carbonyl (C=O) groups excluding carboxylic acids is 1. The van der Waals surface area contributed by atoms with Gasteiger partial charge >= 0.3 is 0 Å². The van der Waals surface area contributed by atoms with E-state index < -0.39 is 21.7 Å². The molecule has 0 aliphatic carbocycles. The van der Waals surface area contributed by atoms with Crippen molar-refractivity contribution in [3.63, 3.8) is 0 Å². The van der Waals surface area contributed by atoms with Crippen molar-refractivity contribution in [1.82, 2.24) is 9.29 Å². The van der Waals surface area contributed by atoms with Crippen LogP contribution < -0.4 is 5.32 Å². The van der Waals surface area contributed by atoms with E-state index in [1.54, 1.807) is 30.6 Å². The van der Waals surface area contributed by atoms with Crippen molar-refractivity contribution in [3.8, 4) is 0 Å². The first-order chi connectivity index (χ1) is 17.8. The second-order valence-corrected chi connectivity index (χ2v) is 10.1. The minimum Gasteiger partial charge on any atom is -0.323 e. The summed E-state index contributed by atoms with van der Waals surface area (Å²) in [4.78, 5) is 16.2. The third-order valence-corrected chi connectivity index (χ3v) is 7.24.